The Morgan fingerprint density at radius 2 is 1.74 bits per heavy atom. The number of imide groups is 1. The predicted molar refractivity (Wildman–Crippen MR) is 82.9 cm³/mol. The van der Waals surface area contributed by atoms with E-state index < -0.39 is 36.1 Å². The van der Waals surface area contributed by atoms with Gasteiger partial charge in [0, 0.05) is 6.54 Å². The molecule has 1 aliphatic rings. The van der Waals surface area contributed by atoms with Gasteiger partial charge in [-0.15, -0.1) is 0 Å². The highest BCUT2D eigenvalue weighted by Crippen LogP contribution is 2.13. The third-order valence-electron chi connectivity index (χ3n) is 3.13. The average molecular weight is 391 g/mol. The molecule has 1 aromatic carbocycles. The Morgan fingerprint density at radius 3 is 2.15 bits per heavy atom. The number of hydrogen-bond donors (Lipinski definition) is 4. The minimum absolute atomic E-state index is 0.0564. The summed E-state index contributed by atoms with van der Waals surface area (Å²) in [5.41, 5.74) is 7.27. The van der Waals surface area contributed by atoms with Crippen LogP contribution in [0.5, 0.6) is 0 Å². The Bertz CT molecular complexity index is 706. The third kappa shape index (κ3) is 7.73. The van der Waals surface area contributed by atoms with Crippen LogP contribution in [0.25, 0.3) is 0 Å². The van der Waals surface area contributed by atoms with Crippen molar-refractivity contribution >= 4 is 23.9 Å². The summed E-state index contributed by atoms with van der Waals surface area (Å²) in [6.07, 6.45) is -5.87. The average Bonchev–Trinajstić information content (AvgIpc) is 2.90. The van der Waals surface area contributed by atoms with Gasteiger partial charge < -0.3 is 20.9 Å². The van der Waals surface area contributed by atoms with Crippen LogP contribution in [0.15, 0.2) is 24.3 Å². The summed E-state index contributed by atoms with van der Waals surface area (Å²) in [6, 6.07) is 6.46. The van der Waals surface area contributed by atoms with Gasteiger partial charge in [-0.25, -0.2) is 9.59 Å². The molecule has 0 saturated carbocycles. The fourth-order valence-electron chi connectivity index (χ4n) is 1.77. The van der Waals surface area contributed by atoms with Crippen LogP contribution in [0.1, 0.15) is 17.5 Å². The standard InChI is InChI=1S/C13H15N3O4.C2HF3O2/c14-6-8-1-3-9(4-2-8)7-20-13(19)15-10-5-11(17)16-12(10)18;3-2(4,5)1(6)7/h1-4,10H,5-7,14H2,(H,15,19)(H,16,17,18);(H,6,7). The van der Waals surface area contributed by atoms with E-state index in [1.165, 1.54) is 0 Å². The lowest BCUT2D eigenvalue weighted by Crippen LogP contribution is -2.40. The molecule has 1 fully saturated rings. The number of nitrogens with one attached hydrogen (secondary N) is 2. The number of alkyl carbamates (subject to hydrolysis) is 1. The first-order valence-electron chi connectivity index (χ1n) is 7.38. The molecule has 27 heavy (non-hydrogen) atoms. The van der Waals surface area contributed by atoms with Gasteiger partial charge in [0.25, 0.3) is 0 Å². The molecule has 3 amide bonds. The maximum Gasteiger partial charge on any atom is 0.490 e. The van der Waals surface area contributed by atoms with Crippen molar-refractivity contribution < 1.29 is 42.2 Å². The van der Waals surface area contributed by atoms with Crippen molar-refractivity contribution in [2.75, 3.05) is 0 Å². The second kappa shape index (κ2) is 9.52. The van der Waals surface area contributed by atoms with E-state index in [1.54, 1.807) is 12.1 Å². The van der Waals surface area contributed by atoms with E-state index >= 15 is 0 Å². The molecule has 0 bridgehead atoms. The highest BCUT2D eigenvalue weighted by molar-refractivity contribution is 6.06. The van der Waals surface area contributed by atoms with Crippen LogP contribution in [-0.4, -0.2) is 41.2 Å². The van der Waals surface area contributed by atoms with Gasteiger partial charge in [0.05, 0.1) is 6.42 Å². The van der Waals surface area contributed by atoms with Gasteiger partial charge in [-0.2, -0.15) is 13.2 Å². The zero-order chi connectivity index (χ0) is 20.6. The van der Waals surface area contributed by atoms with Gasteiger partial charge >= 0.3 is 18.2 Å². The number of alkyl halides is 3. The van der Waals surface area contributed by atoms with Gasteiger partial charge in [0.1, 0.15) is 12.6 Å². The van der Waals surface area contributed by atoms with E-state index in [2.05, 4.69) is 10.6 Å². The van der Waals surface area contributed by atoms with Gasteiger partial charge in [-0.1, -0.05) is 24.3 Å². The number of carbonyl (C=O) groups excluding carboxylic acids is 3. The highest BCUT2D eigenvalue weighted by atomic mass is 19.4. The van der Waals surface area contributed by atoms with Crippen LogP contribution in [-0.2, 0) is 32.3 Å². The summed E-state index contributed by atoms with van der Waals surface area (Å²) in [4.78, 5) is 42.6. The van der Waals surface area contributed by atoms with Crippen molar-refractivity contribution in [3.8, 4) is 0 Å². The maximum absolute atomic E-state index is 11.5. The van der Waals surface area contributed by atoms with Gasteiger partial charge in [-0.3, -0.25) is 14.9 Å². The number of carboxylic acid groups (broad SMARTS) is 1. The van der Waals surface area contributed by atoms with Crippen molar-refractivity contribution in [1.29, 1.82) is 0 Å². The largest absolute Gasteiger partial charge is 0.490 e. The minimum Gasteiger partial charge on any atom is -0.475 e. The highest BCUT2D eigenvalue weighted by Gasteiger charge is 2.38. The number of amides is 3. The zero-order valence-electron chi connectivity index (χ0n) is 13.7. The number of benzene rings is 1. The summed E-state index contributed by atoms with van der Waals surface area (Å²) < 4.78 is 36.7. The topological polar surface area (TPSA) is 148 Å². The molecular formula is C15H16F3N3O6. The summed E-state index contributed by atoms with van der Waals surface area (Å²) in [7, 11) is 0. The van der Waals surface area contributed by atoms with E-state index in [0.29, 0.717) is 6.54 Å². The van der Waals surface area contributed by atoms with Crippen molar-refractivity contribution in [2.24, 2.45) is 5.73 Å². The molecule has 1 saturated heterocycles. The van der Waals surface area contributed by atoms with Crippen molar-refractivity contribution in [3.05, 3.63) is 35.4 Å². The Labute approximate surface area is 150 Å². The van der Waals surface area contributed by atoms with Gasteiger partial charge in [-0.05, 0) is 11.1 Å². The summed E-state index contributed by atoms with van der Waals surface area (Å²) in [5.74, 6) is -3.68. The first-order chi connectivity index (χ1) is 12.5. The van der Waals surface area contributed by atoms with E-state index in [1.807, 2.05) is 12.1 Å². The molecule has 5 N–H and O–H groups in total. The molecule has 0 aliphatic carbocycles. The summed E-state index contributed by atoms with van der Waals surface area (Å²) in [6.45, 7) is 0.533. The Hall–Kier alpha value is -3.15. The van der Waals surface area contributed by atoms with E-state index in [4.69, 9.17) is 20.4 Å². The molecule has 2 rings (SSSR count). The van der Waals surface area contributed by atoms with Crippen molar-refractivity contribution in [2.45, 2.75) is 31.8 Å². The molecular weight excluding hydrogens is 375 g/mol. The van der Waals surface area contributed by atoms with Crippen LogP contribution in [0, 0.1) is 0 Å². The maximum atomic E-state index is 11.5. The first-order valence-corrected chi connectivity index (χ1v) is 7.38. The number of aliphatic carboxylic acids is 1. The second-order valence-electron chi connectivity index (χ2n) is 5.21. The number of nitrogens with two attached hydrogens (primary N) is 1. The number of rotatable bonds is 4. The van der Waals surface area contributed by atoms with E-state index in [-0.39, 0.29) is 13.0 Å². The van der Waals surface area contributed by atoms with Gasteiger partial charge in [0.15, 0.2) is 0 Å². The lowest BCUT2D eigenvalue weighted by Gasteiger charge is -2.10. The number of ether oxygens (including phenoxy) is 1. The molecule has 1 heterocycles. The fourth-order valence-corrected chi connectivity index (χ4v) is 1.77. The van der Waals surface area contributed by atoms with Crippen LogP contribution in [0.3, 0.4) is 0 Å². The molecule has 12 heteroatoms. The van der Waals surface area contributed by atoms with Crippen molar-refractivity contribution in [1.82, 2.24) is 10.6 Å². The third-order valence-corrected chi connectivity index (χ3v) is 3.13. The second-order valence-corrected chi connectivity index (χ2v) is 5.21. The van der Waals surface area contributed by atoms with E-state index in [0.717, 1.165) is 11.1 Å². The van der Waals surface area contributed by atoms with Crippen LogP contribution in [0.2, 0.25) is 0 Å². The Balaban J connectivity index is 0.000000445. The molecule has 0 radical (unpaired) electrons. The first kappa shape index (κ1) is 21.9. The molecule has 148 valence electrons. The zero-order valence-corrected chi connectivity index (χ0v) is 13.7. The lowest BCUT2D eigenvalue weighted by atomic mass is 10.1. The molecule has 9 nitrogen and oxygen atoms in total. The molecule has 1 aliphatic heterocycles. The number of carbonyl (C=O) groups is 4. The molecule has 1 aromatic rings. The smallest absolute Gasteiger partial charge is 0.475 e. The molecule has 0 aromatic heterocycles. The van der Waals surface area contributed by atoms with Crippen LogP contribution >= 0.6 is 0 Å². The normalized spacial score (nSPS) is 16.1. The van der Waals surface area contributed by atoms with Gasteiger partial charge in [0.2, 0.25) is 11.8 Å². The van der Waals surface area contributed by atoms with Crippen LogP contribution < -0.4 is 16.4 Å². The number of halogens is 3. The number of carboxylic acids is 1. The molecule has 0 spiro atoms. The molecule has 1 atom stereocenters. The summed E-state index contributed by atoms with van der Waals surface area (Å²) in [5, 5.41) is 11.6. The Morgan fingerprint density at radius 1 is 1.22 bits per heavy atom. The monoisotopic (exact) mass is 391 g/mol. The Kier molecular flexibility index (Phi) is 7.72. The summed E-state index contributed by atoms with van der Waals surface area (Å²) >= 11 is 0. The fraction of sp³-hybridized carbons (Fsp3) is 0.333. The minimum atomic E-state index is -5.08. The SMILES string of the molecule is NCc1ccc(COC(=O)NC2CC(=O)NC2=O)cc1.O=C(O)C(F)(F)F. The number of hydrogen-bond acceptors (Lipinski definition) is 6. The lowest BCUT2D eigenvalue weighted by molar-refractivity contribution is -0.192. The molecule has 1 unspecified atom stereocenters. The van der Waals surface area contributed by atoms with E-state index in [9.17, 15) is 27.6 Å². The van der Waals surface area contributed by atoms with Crippen LogP contribution in [0.4, 0.5) is 18.0 Å². The quantitative estimate of drug-likeness (QED) is 0.544. The van der Waals surface area contributed by atoms with Crippen molar-refractivity contribution in [3.63, 3.8) is 0 Å². The predicted octanol–water partition coefficient (Wildman–Crippen LogP) is 0.420.